The Labute approximate surface area is 100 Å². The van der Waals surface area contributed by atoms with Gasteiger partial charge in [-0.3, -0.25) is 0 Å². The van der Waals surface area contributed by atoms with Crippen LogP contribution in [-0.2, 0) is 0 Å². The van der Waals surface area contributed by atoms with E-state index in [1.807, 2.05) is 49.4 Å². The third-order valence-corrected chi connectivity index (χ3v) is 2.15. The summed E-state index contributed by atoms with van der Waals surface area (Å²) in [6.07, 6.45) is 1.62. The third-order valence-electron chi connectivity index (χ3n) is 2.15. The molecule has 0 N–H and O–H groups in total. The molecule has 2 aromatic rings. The van der Waals surface area contributed by atoms with Crippen LogP contribution in [0.25, 0.3) is 0 Å². The molecule has 0 fully saturated rings. The van der Waals surface area contributed by atoms with Crippen LogP contribution >= 0.6 is 0 Å². The van der Waals surface area contributed by atoms with Crippen molar-refractivity contribution < 1.29 is 9.25 Å². The minimum atomic E-state index is 0.730. The van der Waals surface area contributed by atoms with Crippen molar-refractivity contribution >= 4 is 5.71 Å². The number of hydrogen-bond donors (Lipinski definition) is 0. The van der Waals surface area contributed by atoms with Crippen LogP contribution in [0.15, 0.2) is 58.2 Å². The van der Waals surface area contributed by atoms with E-state index in [1.165, 1.54) is 5.17 Å². The lowest BCUT2D eigenvalue weighted by Gasteiger charge is -2.14. The van der Waals surface area contributed by atoms with Gasteiger partial charge in [0.2, 0.25) is 0 Å². The Kier molecular flexibility index (Phi) is 3.45. The molecule has 4 heteroatoms. The van der Waals surface area contributed by atoms with Crippen molar-refractivity contribution in [1.82, 2.24) is 5.17 Å². The van der Waals surface area contributed by atoms with Crippen LogP contribution in [0.1, 0.15) is 12.7 Å². The summed E-state index contributed by atoms with van der Waals surface area (Å²) in [6.45, 7) is 1.86. The van der Waals surface area contributed by atoms with Gasteiger partial charge in [-0.25, -0.2) is 0 Å². The first-order valence-corrected chi connectivity index (χ1v) is 5.31. The molecular formula is C13H14N2O2. The lowest BCUT2D eigenvalue weighted by Crippen LogP contribution is -2.17. The van der Waals surface area contributed by atoms with Crippen molar-refractivity contribution in [2.24, 2.45) is 5.10 Å². The van der Waals surface area contributed by atoms with Gasteiger partial charge in [0.25, 0.3) is 0 Å². The van der Waals surface area contributed by atoms with Crippen LogP contribution in [0.2, 0.25) is 0 Å². The molecule has 4 nitrogen and oxygen atoms in total. The molecule has 1 aromatic heterocycles. The standard InChI is InChI=1S/C13H14N2O2/c1-11(13-9-6-10-16-13)14-15(2)17-12-7-4-3-5-8-12/h3-10H,1-2H3/b14-11+. The summed E-state index contributed by atoms with van der Waals surface area (Å²) in [5, 5.41) is 5.66. The van der Waals surface area contributed by atoms with E-state index >= 15 is 0 Å². The summed E-state index contributed by atoms with van der Waals surface area (Å²) < 4.78 is 5.23. The molecule has 1 heterocycles. The molecule has 2 rings (SSSR count). The Hall–Kier alpha value is -2.23. The van der Waals surface area contributed by atoms with E-state index < -0.39 is 0 Å². The number of nitrogens with zero attached hydrogens (tertiary/aromatic N) is 2. The summed E-state index contributed by atoms with van der Waals surface area (Å²) in [6, 6.07) is 13.2. The van der Waals surface area contributed by atoms with Crippen molar-refractivity contribution in [3.05, 3.63) is 54.5 Å². The molecular weight excluding hydrogens is 216 g/mol. The molecule has 0 saturated heterocycles. The molecule has 0 amide bonds. The second kappa shape index (κ2) is 5.21. The Morgan fingerprint density at radius 3 is 2.59 bits per heavy atom. The molecule has 0 spiro atoms. The second-order valence-electron chi connectivity index (χ2n) is 3.53. The second-order valence-corrected chi connectivity index (χ2v) is 3.53. The van der Waals surface area contributed by atoms with Crippen molar-refractivity contribution in [3.63, 3.8) is 0 Å². The molecule has 0 radical (unpaired) electrons. The van der Waals surface area contributed by atoms with Crippen molar-refractivity contribution in [2.75, 3.05) is 7.05 Å². The molecule has 0 saturated carbocycles. The molecule has 0 bridgehead atoms. The van der Waals surface area contributed by atoms with E-state index in [0.29, 0.717) is 0 Å². The first kappa shape index (κ1) is 11.3. The predicted molar refractivity (Wildman–Crippen MR) is 65.8 cm³/mol. The minimum Gasteiger partial charge on any atom is -0.463 e. The number of hydroxylamine groups is 1. The topological polar surface area (TPSA) is 38.0 Å². The van der Waals surface area contributed by atoms with Crippen molar-refractivity contribution in [1.29, 1.82) is 0 Å². The van der Waals surface area contributed by atoms with Crippen molar-refractivity contribution in [3.8, 4) is 5.75 Å². The van der Waals surface area contributed by atoms with Gasteiger partial charge in [0, 0.05) is 0 Å². The maximum atomic E-state index is 5.49. The fraction of sp³-hybridized carbons (Fsp3) is 0.154. The summed E-state index contributed by atoms with van der Waals surface area (Å²) in [7, 11) is 1.74. The van der Waals surface area contributed by atoms with Gasteiger partial charge in [-0.05, 0) is 31.2 Å². The van der Waals surface area contributed by atoms with Gasteiger partial charge in [-0.15, -0.1) is 10.3 Å². The van der Waals surface area contributed by atoms with Gasteiger partial charge < -0.3 is 9.25 Å². The van der Waals surface area contributed by atoms with E-state index in [9.17, 15) is 0 Å². The van der Waals surface area contributed by atoms with E-state index in [-0.39, 0.29) is 0 Å². The third kappa shape index (κ3) is 3.11. The smallest absolute Gasteiger partial charge is 0.157 e. The van der Waals surface area contributed by atoms with Gasteiger partial charge >= 0.3 is 0 Å². The quantitative estimate of drug-likeness (QED) is 0.598. The van der Waals surface area contributed by atoms with Gasteiger partial charge in [0.05, 0.1) is 13.3 Å². The summed E-state index contributed by atoms with van der Waals surface area (Å²) in [5.41, 5.74) is 0.758. The van der Waals surface area contributed by atoms with Crippen LogP contribution in [-0.4, -0.2) is 17.9 Å². The Morgan fingerprint density at radius 1 is 1.18 bits per heavy atom. The molecule has 0 aliphatic carbocycles. The zero-order valence-electron chi connectivity index (χ0n) is 9.83. The summed E-state index contributed by atoms with van der Waals surface area (Å²) in [4.78, 5) is 5.49. The maximum Gasteiger partial charge on any atom is 0.157 e. The average molecular weight is 230 g/mol. The highest BCUT2D eigenvalue weighted by molar-refractivity contribution is 5.95. The Morgan fingerprint density at radius 2 is 1.94 bits per heavy atom. The number of benzene rings is 1. The summed E-state index contributed by atoms with van der Waals surface area (Å²) in [5.74, 6) is 1.47. The zero-order chi connectivity index (χ0) is 12.1. The lowest BCUT2D eigenvalue weighted by atomic mass is 10.3. The molecule has 0 aliphatic heterocycles. The molecule has 0 atom stereocenters. The van der Waals surface area contributed by atoms with Crippen LogP contribution in [0.4, 0.5) is 0 Å². The SMILES string of the molecule is C/C(=N\N(C)Oc1ccccc1)c1ccco1. The van der Waals surface area contributed by atoms with E-state index in [4.69, 9.17) is 9.25 Å². The number of hydrazone groups is 1. The normalized spacial score (nSPS) is 11.3. The number of para-hydroxylation sites is 1. The first-order valence-electron chi connectivity index (χ1n) is 5.31. The monoisotopic (exact) mass is 230 g/mol. The first-order chi connectivity index (χ1) is 8.25. The fourth-order valence-corrected chi connectivity index (χ4v) is 1.40. The molecule has 88 valence electrons. The van der Waals surface area contributed by atoms with Crippen LogP contribution < -0.4 is 4.84 Å². The number of furan rings is 1. The van der Waals surface area contributed by atoms with Crippen molar-refractivity contribution in [2.45, 2.75) is 6.92 Å². The van der Waals surface area contributed by atoms with Gasteiger partial charge in [-0.2, -0.15) is 0 Å². The van der Waals surface area contributed by atoms with Crippen LogP contribution in [0, 0.1) is 0 Å². The number of rotatable bonds is 4. The minimum absolute atomic E-state index is 0.730. The number of hydrogen-bond acceptors (Lipinski definition) is 4. The molecule has 0 unspecified atom stereocenters. The van der Waals surface area contributed by atoms with E-state index in [0.717, 1.165) is 17.2 Å². The fourth-order valence-electron chi connectivity index (χ4n) is 1.40. The average Bonchev–Trinajstić information content (AvgIpc) is 2.83. The summed E-state index contributed by atoms with van der Waals surface area (Å²) >= 11 is 0. The maximum absolute atomic E-state index is 5.49. The highest BCUT2D eigenvalue weighted by Gasteiger charge is 2.02. The lowest BCUT2D eigenvalue weighted by molar-refractivity contribution is -0.0294. The molecule has 17 heavy (non-hydrogen) atoms. The molecule has 1 aromatic carbocycles. The zero-order valence-corrected chi connectivity index (χ0v) is 9.83. The van der Waals surface area contributed by atoms with E-state index in [1.54, 1.807) is 13.3 Å². The van der Waals surface area contributed by atoms with Gasteiger partial charge in [-0.1, -0.05) is 18.2 Å². The van der Waals surface area contributed by atoms with Gasteiger partial charge in [0.1, 0.15) is 11.5 Å². The Balaban J connectivity index is 2.02. The predicted octanol–water partition coefficient (Wildman–Crippen LogP) is 2.93. The molecule has 0 aliphatic rings. The van der Waals surface area contributed by atoms with Crippen LogP contribution in [0.5, 0.6) is 5.75 Å². The van der Waals surface area contributed by atoms with Crippen LogP contribution in [0.3, 0.4) is 0 Å². The largest absolute Gasteiger partial charge is 0.463 e. The highest BCUT2D eigenvalue weighted by Crippen LogP contribution is 2.10. The van der Waals surface area contributed by atoms with Gasteiger partial charge in [0.15, 0.2) is 5.75 Å². The highest BCUT2D eigenvalue weighted by atomic mass is 16.7. The van der Waals surface area contributed by atoms with E-state index in [2.05, 4.69) is 5.10 Å². The Bertz CT molecular complexity index is 477.